The maximum atomic E-state index is 5.99. The molecule has 0 spiro atoms. The second-order valence-electron chi connectivity index (χ2n) is 4.70. The average Bonchev–Trinajstić information content (AvgIpc) is 3.00. The molecule has 0 atom stereocenters. The van der Waals surface area contributed by atoms with Crippen molar-refractivity contribution in [1.29, 1.82) is 0 Å². The van der Waals surface area contributed by atoms with E-state index in [1.165, 1.54) is 0 Å². The highest BCUT2D eigenvalue weighted by Crippen LogP contribution is 2.24. The third kappa shape index (κ3) is 3.73. The lowest BCUT2D eigenvalue weighted by Crippen LogP contribution is -2.06. The number of aliphatic imine (C=N–C) groups is 1. The smallest absolute Gasteiger partial charge is 0.0737 e. The third-order valence-electron chi connectivity index (χ3n) is 3.19. The average molecular weight is 297 g/mol. The number of hydrogen-bond acceptors (Lipinski definition) is 3. The second kappa shape index (κ2) is 6.90. The lowest BCUT2D eigenvalue weighted by atomic mass is 10.1. The molecule has 1 N–H and O–H groups in total. The van der Waals surface area contributed by atoms with Crippen molar-refractivity contribution in [3.05, 3.63) is 67.1 Å². The lowest BCUT2D eigenvalue weighted by Gasteiger charge is -2.08. The van der Waals surface area contributed by atoms with Crippen molar-refractivity contribution in [1.82, 2.24) is 4.98 Å². The van der Waals surface area contributed by atoms with E-state index in [1.807, 2.05) is 56.2 Å². The first kappa shape index (κ1) is 14.3. The van der Waals surface area contributed by atoms with Crippen LogP contribution in [0, 0.1) is 31.6 Å². The van der Waals surface area contributed by atoms with Gasteiger partial charge in [-0.25, -0.2) is 0 Å². The first-order chi connectivity index (χ1) is 10.3. The second-order valence-corrected chi connectivity index (χ2v) is 5.14. The highest BCUT2D eigenvalue weighted by molar-refractivity contribution is 6.31. The number of halogens is 1. The minimum Gasteiger partial charge on any atom is -0.383 e. The number of benzene rings is 1. The third-order valence-corrected chi connectivity index (χ3v) is 3.43. The quantitative estimate of drug-likeness (QED) is 0.673. The van der Waals surface area contributed by atoms with Crippen LogP contribution >= 0.6 is 11.6 Å². The fraction of sp³-hybridized carbons (Fsp3) is 0.118. The molecule has 1 aromatic heterocycles. The largest absolute Gasteiger partial charge is 0.383 e. The minimum absolute atomic E-state index is 0.700. The summed E-state index contributed by atoms with van der Waals surface area (Å²) in [6.45, 7) is 1.50. The SMILES string of the molecule is Clc1ccc2c(NCCN=C[C]3[CH][CH][CH][CH]3)ccnc2c1. The Morgan fingerprint density at radius 2 is 2.05 bits per heavy atom. The first-order valence-corrected chi connectivity index (χ1v) is 7.20. The summed E-state index contributed by atoms with van der Waals surface area (Å²) < 4.78 is 0. The Hall–Kier alpha value is -1.61. The van der Waals surface area contributed by atoms with E-state index in [2.05, 4.69) is 15.3 Å². The van der Waals surface area contributed by atoms with Gasteiger partial charge in [0.2, 0.25) is 0 Å². The summed E-state index contributed by atoms with van der Waals surface area (Å²) in [5.41, 5.74) is 1.95. The van der Waals surface area contributed by atoms with Gasteiger partial charge in [-0.2, -0.15) is 0 Å². The van der Waals surface area contributed by atoms with Crippen LogP contribution in [0.15, 0.2) is 35.5 Å². The van der Waals surface area contributed by atoms with Gasteiger partial charge in [-0.1, -0.05) is 11.6 Å². The molecular weight excluding hydrogens is 282 g/mol. The van der Waals surface area contributed by atoms with Gasteiger partial charge < -0.3 is 5.32 Å². The van der Waals surface area contributed by atoms with E-state index >= 15 is 0 Å². The van der Waals surface area contributed by atoms with Crippen molar-refractivity contribution >= 4 is 34.4 Å². The van der Waals surface area contributed by atoms with E-state index in [9.17, 15) is 0 Å². The zero-order chi connectivity index (χ0) is 14.5. The van der Waals surface area contributed by atoms with Crippen molar-refractivity contribution in [2.45, 2.75) is 0 Å². The molecule has 0 unspecified atom stereocenters. The molecule has 1 aliphatic rings. The lowest BCUT2D eigenvalue weighted by molar-refractivity contribution is 1.03. The summed E-state index contributed by atoms with van der Waals surface area (Å²) in [5.74, 6) is 1.14. The molecular formula is C17H15ClN3. The highest BCUT2D eigenvalue weighted by Gasteiger charge is 2.13. The van der Waals surface area contributed by atoms with Gasteiger partial charge in [0, 0.05) is 41.0 Å². The Kier molecular flexibility index (Phi) is 4.71. The summed E-state index contributed by atoms with van der Waals surface area (Å²) in [5, 5.41) is 5.16. The van der Waals surface area contributed by atoms with Gasteiger partial charge in [0.1, 0.15) is 0 Å². The number of fused-ring (bicyclic) bond motifs is 1. The van der Waals surface area contributed by atoms with E-state index in [0.29, 0.717) is 5.02 Å². The van der Waals surface area contributed by atoms with Gasteiger partial charge in [0.15, 0.2) is 0 Å². The van der Waals surface area contributed by atoms with E-state index in [4.69, 9.17) is 11.6 Å². The van der Waals surface area contributed by atoms with E-state index in [0.717, 1.165) is 35.6 Å². The number of aromatic nitrogens is 1. The van der Waals surface area contributed by atoms with Crippen molar-refractivity contribution in [2.24, 2.45) is 4.99 Å². The topological polar surface area (TPSA) is 37.3 Å². The molecule has 0 bridgehead atoms. The molecule has 2 aromatic rings. The monoisotopic (exact) mass is 296 g/mol. The molecule has 1 saturated carbocycles. The van der Waals surface area contributed by atoms with Crippen LogP contribution in [0.2, 0.25) is 5.02 Å². The fourth-order valence-corrected chi connectivity index (χ4v) is 2.34. The summed E-state index contributed by atoms with van der Waals surface area (Å²) in [7, 11) is 0. The molecule has 0 saturated heterocycles. The van der Waals surface area contributed by atoms with Crippen molar-refractivity contribution in [3.63, 3.8) is 0 Å². The Balaban J connectivity index is 1.57. The van der Waals surface area contributed by atoms with Crippen LogP contribution in [0.5, 0.6) is 0 Å². The Bertz CT molecular complexity index is 633. The van der Waals surface area contributed by atoms with Gasteiger partial charge >= 0.3 is 0 Å². The van der Waals surface area contributed by atoms with Crippen LogP contribution in [0.25, 0.3) is 10.9 Å². The molecule has 1 aromatic carbocycles. The van der Waals surface area contributed by atoms with Gasteiger partial charge in [-0.05, 0) is 49.9 Å². The van der Waals surface area contributed by atoms with Gasteiger partial charge in [0.25, 0.3) is 0 Å². The van der Waals surface area contributed by atoms with Crippen LogP contribution in [0.1, 0.15) is 0 Å². The van der Waals surface area contributed by atoms with Crippen LogP contribution < -0.4 is 5.32 Å². The van der Waals surface area contributed by atoms with E-state index < -0.39 is 0 Å². The molecule has 21 heavy (non-hydrogen) atoms. The number of rotatable bonds is 5. The van der Waals surface area contributed by atoms with Crippen LogP contribution in [-0.2, 0) is 0 Å². The molecule has 105 valence electrons. The van der Waals surface area contributed by atoms with Gasteiger partial charge in [0.05, 0.1) is 12.1 Å². The van der Waals surface area contributed by atoms with E-state index in [1.54, 1.807) is 6.20 Å². The normalized spacial score (nSPS) is 16.0. The van der Waals surface area contributed by atoms with Crippen molar-refractivity contribution in [2.75, 3.05) is 18.4 Å². The van der Waals surface area contributed by atoms with Crippen molar-refractivity contribution < 1.29 is 0 Å². The Morgan fingerprint density at radius 3 is 2.90 bits per heavy atom. The zero-order valence-electron chi connectivity index (χ0n) is 11.5. The maximum absolute atomic E-state index is 5.99. The molecule has 3 nitrogen and oxygen atoms in total. The van der Waals surface area contributed by atoms with Crippen LogP contribution in [0.3, 0.4) is 0 Å². The van der Waals surface area contributed by atoms with Crippen LogP contribution in [-0.4, -0.2) is 24.3 Å². The maximum Gasteiger partial charge on any atom is 0.0737 e. The molecule has 3 rings (SSSR count). The standard InChI is InChI=1S/C17H15ClN3/c18-14-5-6-15-16(7-8-20-17(15)11-14)21-10-9-19-12-13-3-1-2-4-13/h1-8,11-12H,9-10H2,(H,20,21). The summed E-state index contributed by atoms with van der Waals surface area (Å²) in [6.07, 6.45) is 11.8. The zero-order valence-corrected chi connectivity index (χ0v) is 12.2. The van der Waals surface area contributed by atoms with Gasteiger partial charge in [-0.3, -0.25) is 9.98 Å². The van der Waals surface area contributed by atoms with E-state index in [-0.39, 0.29) is 0 Å². The predicted octanol–water partition coefficient (Wildman–Crippen LogP) is 3.78. The van der Waals surface area contributed by atoms with Gasteiger partial charge in [-0.15, -0.1) is 0 Å². The predicted molar refractivity (Wildman–Crippen MR) is 89.0 cm³/mol. The number of hydrogen-bond donors (Lipinski definition) is 1. The Morgan fingerprint density at radius 1 is 1.19 bits per heavy atom. The number of nitrogens with zero attached hydrogens (tertiary/aromatic N) is 2. The molecule has 0 aliphatic heterocycles. The molecule has 4 heteroatoms. The molecule has 0 amide bonds. The number of anilines is 1. The summed E-state index contributed by atoms with van der Waals surface area (Å²) in [4.78, 5) is 8.73. The summed E-state index contributed by atoms with van der Waals surface area (Å²) >= 11 is 5.99. The van der Waals surface area contributed by atoms with Crippen LogP contribution in [0.4, 0.5) is 5.69 Å². The van der Waals surface area contributed by atoms with Crippen molar-refractivity contribution in [3.8, 4) is 0 Å². The number of nitrogens with one attached hydrogen (secondary N) is 1. The molecule has 1 heterocycles. The first-order valence-electron chi connectivity index (χ1n) is 6.82. The number of pyridine rings is 1. The fourth-order valence-electron chi connectivity index (χ4n) is 2.18. The molecule has 1 aliphatic carbocycles. The molecule has 5 radical (unpaired) electrons. The minimum atomic E-state index is 0.700. The Labute approximate surface area is 130 Å². The highest BCUT2D eigenvalue weighted by atomic mass is 35.5. The molecule has 1 fully saturated rings. The summed E-state index contributed by atoms with van der Waals surface area (Å²) in [6, 6.07) is 7.71.